The monoisotopic (exact) mass is 314 g/mol. The van der Waals surface area contributed by atoms with Crippen molar-refractivity contribution >= 4 is 15.9 Å². The van der Waals surface area contributed by atoms with Gasteiger partial charge in [-0.2, -0.15) is 0 Å². The fraction of sp³-hybridized carbons (Fsp3) is 0.600. The van der Waals surface area contributed by atoms with Crippen LogP contribution in [0.15, 0.2) is 10.5 Å². The van der Waals surface area contributed by atoms with Crippen LogP contribution in [0.3, 0.4) is 0 Å². The van der Waals surface area contributed by atoms with Crippen LogP contribution in [-0.2, 0) is 0 Å². The van der Waals surface area contributed by atoms with Gasteiger partial charge >= 0.3 is 0 Å². The van der Waals surface area contributed by atoms with Gasteiger partial charge in [0.2, 0.25) is 0 Å². The predicted molar refractivity (Wildman–Crippen MR) is 79.2 cm³/mol. The zero-order valence-corrected chi connectivity index (χ0v) is 13.7. The quantitative estimate of drug-likeness (QED) is 0.883. The van der Waals surface area contributed by atoms with E-state index in [-0.39, 0.29) is 5.41 Å². The van der Waals surface area contributed by atoms with E-state index in [4.69, 9.17) is 4.74 Å². The smallest absolute Gasteiger partial charge is 0.127 e. The van der Waals surface area contributed by atoms with Gasteiger partial charge in [-0.1, -0.05) is 36.7 Å². The first-order chi connectivity index (χ1) is 8.26. The van der Waals surface area contributed by atoms with E-state index in [0.717, 1.165) is 33.3 Å². The zero-order chi connectivity index (χ0) is 14.1. The Kier molecular flexibility index (Phi) is 4.84. The number of aliphatic hydroxyl groups is 1. The lowest BCUT2D eigenvalue weighted by Gasteiger charge is -2.32. The van der Waals surface area contributed by atoms with Gasteiger partial charge < -0.3 is 9.84 Å². The largest absolute Gasteiger partial charge is 0.496 e. The van der Waals surface area contributed by atoms with Gasteiger partial charge in [0.1, 0.15) is 5.75 Å². The molecule has 1 atom stereocenters. The van der Waals surface area contributed by atoms with Crippen LogP contribution < -0.4 is 4.74 Å². The summed E-state index contributed by atoms with van der Waals surface area (Å²) < 4.78 is 6.51. The van der Waals surface area contributed by atoms with Crippen molar-refractivity contribution in [3.8, 4) is 5.75 Å². The lowest BCUT2D eigenvalue weighted by atomic mass is 9.78. The van der Waals surface area contributed by atoms with Crippen molar-refractivity contribution < 1.29 is 9.84 Å². The fourth-order valence-corrected chi connectivity index (χ4v) is 2.62. The van der Waals surface area contributed by atoms with Crippen LogP contribution in [0.2, 0.25) is 0 Å². The van der Waals surface area contributed by atoms with E-state index in [1.807, 2.05) is 19.9 Å². The molecule has 0 aliphatic carbocycles. The van der Waals surface area contributed by atoms with E-state index < -0.39 is 6.10 Å². The van der Waals surface area contributed by atoms with E-state index in [9.17, 15) is 5.11 Å². The first-order valence-electron chi connectivity index (χ1n) is 6.27. The van der Waals surface area contributed by atoms with Gasteiger partial charge in [-0.05, 0) is 42.9 Å². The number of ether oxygens (including phenoxy) is 1. The maximum absolute atomic E-state index is 10.7. The van der Waals surface area contributed by atoms with Crippen molar-refractivity contribution in [3.63, 3.8) is 0 Å². The van der Waals surface area contributed by atoms with Gasteiger partial charge in [-0.15, -0.1) is 0 Å². The summed E-state index contributed by atoms with van der Waals surface area (Å²) in [6, 6.07) is 2.03. The summed E-state index contributed by atoms with van der Waals surface area (Å²) in [5, 5.41) is 10.7. The van der Waals surface area contributed by atoms with Crippen molar-refractivity contribution in [2.45, 2.75) is 47.1 Å². The minimum absolute atomic E-state index is 0.175. The number of halogens is 1. The van der Waals surface area contributed by atoms with Gasteiger partial charge in [0.25, 0.3) is 0 Å². The van der Waals surface area contributed by atoms with Crippen LogP contribution in [0.25, 0.3) is 0 Å². The van der Waals surface area contributed by atoms with Crippen molar-refractivity contribution in [2.24, 2.45) is 5.41 Å². The summed E-state index contributed by atoms with van der Waals surface area (Å²) in [7, 11) is 1.66. The third-order valence-electron chi connectivity index (χ3n) is 3.84. The number of benzene rings is 1. The molecule has 0 saturated heterocycles. The van der Waals surface area contributed by atoms with E-state index in [1.54, 1.807) is 7.11 Å². The minimum Gasteiger partial charge on any atom is -0.496 e. The second-order valence-corrected chi connectivity index (χ2v) is 6.35. The molecular formula is C15H23BrO2. The SMILES string of the molecule is CCC(C)(C)C(O)c1c(C)c(Br)cc(C)c1OC. The second kappa shape index (κ2) is 5.62. The lowest BCUT2D eigenvalue weighted by molar-refractivity contribution is 0.0439. The molecule has 1 aromatic carbocycles. The number of rotatable bonds is 4. The summed E-state index contributed by atoms with van der Waals surface area (Å²) in [6.07, 6.45) is 0.371. The Labute approximate surface area is 118 Å². The van der Waals surface area contributed by atoms with Gasteiger partial charge in [0, 0.05) is 10.0 Å². The number of hydrogen-bond acceptors (Lipinski definition) is 2. The molecule has 1 rings (SSSR count). The summed E-state index contributed by atoms with van der Waals surface area (Å²) in [4.78, 5) is 0. The van der Waals surface area contributed by atoms with E-state index >= 15 is 0 Å². The van der Waals surface area contributed by atoms with Crippen molar-refractivity contribution in [1.29, 1.82) is 0 Å². The average molecular weight is 315 g/mol. The number of hydrogen-bond donors (Lipinski definition) is 1. The predicted octanol–water partition coefficient (Wildman–Crippen LogP) is 4.54. The molecule has 0 aromatic heterocycles. The third-order valence-corrected chi connectivity index (χ3v) is 4.66. The minimum atomic E-state index is -0.534. The molecule has 0 heterocycles. The molecule has 0 saturated carbocycles. The molecular weight excluding hydrogens is 292 g/mol. The molecule has 1 aromatic rings. The first kappa shape index (κ1) is 15.5. The molecule has 102 valence electrons. The van der Waals surface area contributed by atoms with Crippen molar-refractivity contribution in [2.75, 3.05) is 7.11 Å². The Hall–Kier alpha value is -0.540. The normalized spacial score (nSPS) is 13.6. The van der Waals surface area contributed by atoms with Gasteiger partial charge in [0.15, 0.2) is 0 Å². The van der Waals surface area contributed by atoms with Gasteiger partial charge in [-0.25, -0.2) is 0 Å². The summed E-state index contributed by atoms with van der Waals surface area (Å²) in [5.74, 6) is 0.796. The Morgan fingerprint density at radius 2 is 1.94 bits per heavy atom. The van der Waals surface area contributed by atoms with Gasteiger partial charge in [-0.3, -0.25) is 0 Å². The molecule has 1 unspecified atom stereocenters. The number of aliphatic hydroxyl groups excluding tert-OH is 1. The molecule has 3 heteroatoms. The Bertz CT molecular complexity index is 439. The summed E-state index contributed by atoms with van der Waals surface area (Å²) in [6.45, 7) is 10.3. The topological polar surface area (TPSA) is 29.5 Å². The molecule has 0 bridgehead atoms. The van der Waals surface area contributed by atoms with E-state index in [0.29, 0.717) is 0 Å². The fourth-order valence-electron chi connectivity index (χ4n) is 2.06. The summed E-state index contributed by atoms with van der Waals surface area (Å²) >= 11 is 3.55. The van der Waals surface area contributed by atoms with E-state index in [2.05, 4.69) is 36.7 Å². The summed E-state index contributed by atoms with van der Waals surface area (Å²) in [5.41, 5.74) is 2.81. The highest BCUT2D eigenvalue weighted by molar-refractivity contribution is 9.10. The lowest BCUT2D eigenvalue weighted by Crippen LogP contribution is -2.22. The van der Waals surface area contributed by atoms with Crippen LogP contribution in [0.1, 0.15) is 50.0 Å². The molecule has 18 heavy (non-hydrogen) atoms. The molecule has 0 radical (unpaired) electrons. The molecule has 0 fully saturated rings. The highest BCUT2D eigenvalue weighted by Crippen LogP contribution is 2.44. The third kappa shape index (κ3) is 2.72. The van der Waals surface area contributed by atoms with Crippen LogP contribution in [-0.4, -0.2) is 12.2 Å². The molecule has 0 aliphatic rings. The molecule has 1 N–H and O–H groups in total. The molecule has 0 spiro atoms. The second-order valence-electron chi connectivity index (χ2n) is 5.49. The van der Waals surface area contributed by atoms with Crippen molar-refractivity contribution in [1.82, 2.24) is 0 Å². The first-order valence-corrected chi connectivity index (χ1v) is 7.07. The standard InChI is InChI=1S/C15H23BrO2/c1-7-15(4,5)14(17)12-10(3)11(16)8-9(2)13(12)18-6/h8,14,17H,7H2,1-6H3. The number of methoxy groups -OCH3 is 1. The average Bonchev–Trinajstić information content (AvgIpc) is 2.32. The highest BCUT2D eigenvalue weighted by Gasteiger charge is 2.31. The highest BCUT2D eigenvalue weighted by atomic mass is 79.9. The Balaban J connectivity index is 3.47. The molecule has 2 nitrogen and oxygen atoms in total. The van der Waals surface area contributed by atoms with Crippen LogP contribution in [0, 0.1) is 19.3 Å². The molecule has 0 aliphatic heterocycles. The van der Waals surface area contributed by atoms with Crippen LogP contribution in [0.5, 0.6) is 5.75 Å². The van der Waals surface area contributed by atoms with Crippen LogP contribution >= 0.6 is 15.9 Å². The van der Waals surface area contributed by atoms with E-state index in [1.165, 1.54) is 0 Å². The Morgan fingerprint density at radius 1 is 1.39 bits per heavy atom. The number of aryl methyl sites for hydroxylation is 1. The zero-order valence-electron chi connectivity index (χ0n) is 12.1. The van der Waals surface area contributed by atoms with Crippen LogP contribution in [0.4, 0.5) is 0 Å². The molecule has 0 amide bonds. The van der Waals surface area contributed by atoms with Gasteiger partial charge in [0.05, 0.1) is 13.2 Å². The maximum Gasteiger partial charge on any atom is 0.127 e. The maximum atomic E-state index is 10.7. The Morgan fingerprint density at radius 3 is 2.39 bits per heavy atom. The van der Waals surface area contributed by atoms with Crippen molar-refractivity contribution in [3.05, 3.63) is 27.2 Å².